The van der Waals surface area contributed by atoms with Crippen molar-refractivity contribution in [2.75, 3.05) is 0 Å². The van der Waals surface area contributed by atoms with Crippen LogP contribution in [0.3, 0.4) is 0 Å². The van der Waals surface area contributed by atoms with Crippen molar-refractivity contribution in [1.29, 1.82) is 0 Å². The van der Waals surface area contributed by atoms with Gasteiger partial charge in [-0.05, 0) is 42.9 Å². The highest BCUT2D eigenvalue weighted by Crippen LogP contribution is 2.53. The van der Waals surface area contributed by atoms with Crippen LogP contribution in [-0.4, -0.2) is 10.7 Å². The Labute approximate surface area is 113 Å². The molecule has 2 nitrogen and oxygen atoms in total. The average molecular weight is 267 g/mol. The number of rotatable bonds is 1. The van der Waals surface area contributed by atoms with Gasteiger partial charge < -0.3 is 9.84 Å². The van der Waals surface area contributed by atoms with Gasteiger partial charge in [0.25, 0.3) is 0 Å². The van der Waals surface area contributed by atoms with Crippen LogP contribution in [0.15, 0.2) is 18.2 Å². The van der Waals surface area contributed by atoms with E-state index in [-0.39, 0.29) is 5.60 Å². The van der Waals surface area contributed by atoms with Gasteiger partial charge in [-0.1, -0.05) is 25.4 Å². The highest BCUT2D eigenvalue weighted by molar-refractivity contribution is 6.30. The van der Waals surface area contributed by atoms with Gasteiger partial charge in [0, 0.05) is 17.0 Å². The Balaban J connectivity index is 1.83. The molecule has 0 aromatic heterocycles. The molecule has 1 aliphatic carbocycles. The van der Waals surface area contributed by atoms with Gasteiger partial charge in [0.05, 0.1) is 6.10 Å². The molecule has 2 aliphatic rings. The SMILES string of the molecule is CC(C)C1CC2(CC(O)c3cc(Cl)ccc3O2)C1. The molecule has 0 bridgehead atoms. The summed E-state index contributed by atoms with van der Waals surface area (Å²) in [7, 11) is 0. The predicted molar refractivity (Wildman–Crippen MR) is 71.9 cm³/mol. The molecule has 0 saturated heterocycles. The molecule has 0 radical (unpaired) electrons. The summed E-state index contributed by atoms with van der Waals surface area (Å²) in [5.41, 5.74) is 0.705. The average Bonchev–Trinajstić information content (AvgIpc) is 2.26. The van der Waals surface area contributed by atoms with Gasteiger partial charge in [-0.25, -0.2) is 0 Å². The molecule has 1 heterocycles. The van der Waals surface area contributed by atoms with Crippen molar-refractivity contribution in [2.24, 2.45) is 11.8 Å². The topological polar surface area (TPSA) is 29.5 Å². The second kappa shape index (κ2) is 4.14. The molecule has 3 heteroatoms. The molecule has 1 unspecified atom stereocenters. The summed E-state index contributed by atoms with van der Waals surface area (Å²) in [4.78, 5) is 0. The van der Waals surface area contributed by atoms with Crippen molar-refractivity contribution >= 4 is 11.6 Å². The van der Waals surface area contributed by atoms with Crippen LogP contribution in [0, 0.1) is 11.8 Å². The van der Waals surface area contributed by atoms with E-state index in [4.69, 9.17) is 16.3 Å². The van der Waals surface area contributed by atoms with Gasteiger partial charge >= 0.3 is 0 Å². The predicted octanol–water partition coefficient (Wildman–Crippen LogP) is 3.96. The summed E-state index contributed by atoms with van der Waals surface area (Å²) in [5, 5.41) is 10.9. The summed E-state index contributed by atoms with van der Waals surface area (Å²) in [5.74, 6) is 2.23. The quantitative estimate of drug-likeness (QED) is 0.834. The molecule has 1 aliphatic heterocycles. The Kier molecular flexibility index (Phi) is 2.83. The van der Waals surface area contributed by atoms with Crippen LogP contribution in [0.4, 0.5) is 0 Å². The van der Waals surface area contributed by atoms with Crippen LogP contribution < -0.4 is 4.74 Å². The van der Waals surface area contributed by atoms with Crippen LogP contribution >= 0.6 is 11.6 Å². The minimum Gasteiger partial charge on any atom is -0.487 e. The van der Waals surface area contributed by atoms with Crippen LogP contribution in [0.2, 0.25) is 5.02 Å². The number of halogens is 1. The summed E-state index contributed by atoms with van der Waals surface area (Å²) in [6, 6.07) is 5.52. The van der Waals surface area contributed by atoms with Crippen molar-refractivity contribution in [2.45, 2.75) is 44.8 Å². The van der Waals surface area contributed by atoms with Crippen molar-refractivity contribution in [1.82, 2.24) is 0 Å². The molecule has 3 rings (SSSR count). The molecule has 1 aromatic carbocycles. The third kappa shape index (κ3) is 1.92. The summed E-state index contributed by atoms with van der Waals surface area (Å²) >= 11 is 5.96. The number of fused-ring (bicyclic) bond motifs is 1. The number of hydrogen-bond acceptors (Lipinski definition) is 2. The lowest BCUT2D eigenvalue weighted by atomic mass is 9.63. The number of hydrogen-bond donors (Lipinski definition) is 1. The van der Waals surface area contributed by atoms with Crippen molar-refractivity contribution in [3.63, 3.8) is 0 Å². The molecule has 18 heavy (non-hydrogen) atoms. The van der Waals surface area contributed by atoms with Crippen LogP contribution in [0.5, 0.6) is 5.75 Å². The number of aliphatic hydroxyl groups is 1. The zero-order chi connectivity index (χ0) is 12.9. The lowest BCUT2D eigenvalue weighted by Crippen LogP contribution is -2.53. The maximum absolute atomic E-state index is 10.3. The van der Waals surface area contributed by atoms with E-state index in [0.717, 1.165) is 30.1 Å². The maximum atomic E-state index is 10.3. The maximum Gasteiger partial charge on any atom is 0.126 e. The molecular weight excluding hydrogens is 248 g/mol. The fraction of sp³-hybridized carbons (Fsp3) is 0.600. The summed E-state index contributed by atoms with van der Waals surface area (Å²) < 4.78 is 6.14. The van der Waals surface area contributed by atoms with Crippen molar-refractivity contribution < 1.29 is 9.84 Å². The van der Waals surface area contributed by atoms with Crippen LogP contribution in [-0.2, 0) is 0 Å². The molecule has 1 spiro atoms. The minimum absolute atomic E-state index is 0.130. The van der Waals surface area contributed by atoms with Gasteiger partial charge in [-0.15, -0.1) is 0 Å². The lowest BCUT2D eigenvalue weighted by molar-refractivity contribution is -0.108. The van der Waals surface area contributed by atoms with Crippen molar-refractivity contribution in [3.05, 3.63) is 28.8 Å². The molecule has 1 N–H and O–H groups in total. The fourth-order valence-electron chi connectivity index (χ4n) is 3.23. The second-order valence-electron chi connectivity index (χ2n) is 6.10. The first-order valence-electron chi connectivity index (χ1n) is 6.66. The molecule has 0 amide bonds. The van der Waals surface area contributed by atoms with Gasteiger partial charge in [0.15, 0.2) is 0 Å². The number of benzene rings is 1. The van der Waals surface area contributed by atoms with E-state index in [1.165, 1.54) is 0 Å². The van der Waals surface area contributed by atoms with Gasteiger partial charge in [0.2, 0.25) is 0 Å². The fourth-order valence-corrected chi connectivity index (χ4v) is 3.41. The van der Waals surface area contributed by atoms with Crippen LogP contribution in [0.1, 0.15) is 44.8 Å². The Morgan fingerprint density at radius 3 is 2.72 bits per heavy atom. The monoisotopic (exact) mass is 266 g/mol. The third-order valence-electron chi connectivity index (χ3n) is 4.43. The highest BCUT2D eigenvalue weighted by atomic mass is 35.5. The molecule has 1 fully saturated rings. The van der Waals surface area contributed by atoms with E-state index < -0.39 is 6.10 Å². The first-order valence-corrected chi connectivity index (χ1v) is 7.03. The second-order valence-corrected chi connectivity index (χ2v) is 6.54. The highest BCUT2D eigenvalue weighted by Gasteiger charge is 2.51. The standard InChI is InChI=1S/C15H19ClO2/c1-9(2)10-6-15(7-10)8-13(17)12-5-11(16)3-4-14(12)18-15/h3-5,9-10,13,17H,6-8H2,1-2H3. The number of aliphatic hydroxyl groups excluding tert-OH is 1. The van der Waals surface area contributed by atoms with E-state index in [1.54, 1.807) is 0 Å². The normalized spacial score (nSPS) is 34.1. The van der Waals surface area contributed by atoms with Gasteiger partial charge in [0.1, 0.15) is 11.4 Å². The summed E-state index contributed by atoms with van der Waals surface area (Å²) in [6.07, 6.45) is 2.37. The lowest BCUT2D eigenvalue weighted by Gasteiger charge is -2.52. The van der Waals surface area contributed by atoms with E-state index in [2.05, 4.69) is 13.8 Å². The van der Waals surface area contributed by atoms with Crippen molar-refractivity contribution in [3.8, 4) is 5.75 Å². The molecule has 1 atom stereocenters. The van der Waals surface area contributed by atoms with E-state index in [1.807, 2.05) is 18.2 Å². The van der Waals surface area contributed by atoms with E-state index >= 15 is 0 Å². The Morgan fingerprint density at radius 2 is 2.06 bits per heavy atom. The van der Waals surface area contributed by atoms with Gasteiger partial charge in [-0.3, -0.25) is 0 Å². The Bertz CT molecular complexity index is 464. The molecular formula is C15H19ClO2. The number of ether oxygens (including phenoxy) is 1. The Morgan fingerprint density at radius 1 is 1.33 bits per heavy atom. The smallest absolute Gasteiger partial charge is 0.126 e. The summed E-state index contributed by atoms with van der Waals surface area (Å²) in [6.45, 7) is 4.51. The Hall–Kier alpha value is -0.730. The third-order valence-corrected chi connectivity index (χ3v) is 4.67. The molecule has 1 aromatic rings. The first-order chi connectivity index (χ1) is 8.49. The van der Waals surface area contributed by atoms with Crippen LogP contribution in [0.25, 0.3) is 0 Å². The molecule has 1 saturated carbocycles. The van der Waals surface area contributed by atoms with E-state index in [9.17, 15) is 5.11 Å². The zero-order valence-corrected chi connectivity index (χ0v) is 11.6. The molecule has 98 valence electrons. The van der Waals surface area contributed by atoms with Gasteiger partial charge in [-0.2, -0.15) is 0 Å². The largest absolute Gasteiger partial charge is 0.487 e. The first kappa shape index (κ1) is 12.3. The zero-order valence-electron chi connectivity index (χ0n) is 10.8. The van der Waals surface area contributed by atoms with E-state index in [0.29, 0.717) is 17.4 Å². The minimum atomic E-state index is -0.444.